The van der Waals surface area contributed by atoms with Gasteiger partial charge in [0.15, 0.2) is 5.82 Å². The molecule has 1 atom stereocenters. The van der Waals surface area contributed by atoms with E-state index in [-0.39, 0.29) is 47.7 Å². The van der Waals surface area contributed by atoms with Crippen LogP contribution in [0.1, 0.15) is 35.2 Å². The molecule has 0 bridgehead atoms. The Balaban J connectivity index is 0.00000121. The highest BCUT2D eigenvalue weighted by molar-refractivity contribution is 7.07. The molecule has 1 saturated heterocycles. The summed E-state index contributed by atoms with van der Waals surface area (Å²) in [6.45, 7) is 2.55. The van der Waals surface area contributed by atoms with Gasteiger partial charge < -0.3 is 10.2 Å². The van der Waals surface area contributed by atoms with E-state index in [1.54, 1.807) is 11.3 Å². The summed E-state index contributed by atoms with van der Waals surface area (Å²) >= 11 is 1.62. The van der Waals surface area contributed by atoms with Crippen molar-refractivity contribution in [1.29, 1.82) is 0 Å². The Kier molecular flexibility index (Phi) is 7.02. The average molecular weight is 418 g/mol. The molecule has 2 aromatic rings. The van der Waals surface area contributed by atoms with Crippen LogP contribution < -0.4 is 5.32 Å². The van der Waals surface area contributed by atoms with E-state index in [2.05, 4.69) is 15.7 Å². The molecule has 1 amide bonds. The molecule has 3 heterocycles. The molecule has 0 radical (unpaired) electrons. The number of carbonyl (C=O) groups excluding carboxylic acids is 1. The minimum absolute atomic E-state index is 0. The molecule has 4 rings (SSSR count). The molecule has 1 spiro atoms. The van der Waals surface area contributed by atoms with Crippen molar-refractivity contribution >= 4 is 42.1 Å². The number of pyridine rings is 1. The van der Waals surface area contributed by atoms with E-state index in [0.717, 1.165) is 44.1 Å². The second kappa shape index (κ2) is 8.65. The first-order chi connectivity index (χ1) is 11.7. The minimum Gasteiger partial charge on any atom is -0.331 e. The first kappa shape index (κ1) is 21.1. The van der Waals surface area contributed by atoms with E-state index in [1.165, 1.54) is 12.3 Å². The molecular formula is C18H22Cl2FN3OS. The number of aromatic nitrogens is 1. The average Bonchev–Trinajstić information content (AvgIpc) is 3.04. The Morgan fingerprint density at radius 1 is 1.35 bits per heavy atom. The normalized spacial score (nSPS) is 20.0. The third kappa shape index (κ3) is 4.03. The molecule has 2 fully saturated rings. The lowest BCUT2D eigenvalue weighted by Crippen LogP contribution is -2.39. The van der Waals surface area contributed by atoms with Gasteiger partial charge in [0.1, 0.15) is 0 Å². The van der Waals surface area contributed by atoms with E-state index in [1.807, 2.05) is 16.3 Å². The van der Waals surface area contributed by atoms with Crippen LogP contribution in [-0.4, -0.2) is 34.9 Å². The topological polar surface area (TPSA) is 45.2 Å². The number of rotatable bonds is 4. The fraction of sp³-hybridized carbons (Fsp3) is 0.444. The van der Waals surface area contributed by atoms with E-state index in [9.17, 15) is 9.18 Å². The molecule has 8 heteroatoms. The zero-order chi connectivity index (χ0) is 16.6. The van der Waals surface area contributed by atoms with Crippen LogP contribution >= 0.6 is 36.2 Å². The van der Waals surface area contributed by atoms with E-state index < -0.39 is 5.82 Å². The predicted molar refractivity (Wildman–Crippen MR) is 106 cm³/mol. The van der Waals surface area contributed by atoms with Crippen molar-refractivity contribution in [3.8, 4) is 0 Å². The summed E-state index contributed by atoms with van der Waals surface area (Å²) in [6, 6.07) is 3.72. The van der Waals surface area contributed by atoms with Crippen molar-refractivity contribution in [2.45, 2.75) is 31.8 Å². The quantitative estimate of drug-likeness (QED) is 0.819. The van der Waals surface area contributed by atoms with Crippen LogP contribution in [0.3, 0.4) is 0 Å². The second-order valence-electron chi connectivity index (χ2n) is 6.75. The maximum atomic E-state index is 14.1. The molecule has 1 aliphatic heterocycles. The zero-order valence-corrected chi connectivity index (χ0v) is 16.6. The lowest BCUT2D eigenvalue weighted by molar-refractivity contribution is 0.0687. The number of hydrogen-bond donors (Lipinski definition) is 1. The molecule has 4 nitrogen and oxygen atoms in total. The van der Waals surface area contributed by atoms with E-state index in [4.69, 9.17) is 0 Å². The van der Waals surface area contributed by atoms with Gasteiger partial charge in [-0.15, -0.1) is 24.8 Å². The number of halogens is 3. The maximum Gasteiger partial charge on any atom is 0.257 e. The fourth-order valence-electron chi connectivity index (χ4n) is 3.84. The van der Waals surface area contributed by atoms with Crippen LogP contribution in [0, 0.1) is 11.2 Å². The van der Waals surface area contributed by atoms with Crippen LogP contribution in [-0.2, 0) is 6.54 Å². The van der Waals surface area contributed by atoms with Gasteiger partial charge in [-0.05, 0) is 66.2 Å². The summed E-state index contributed by atoms with van der Waals surface area (Å²) in [5.41, 5.74) is 1.45. The monoisotopic (exact) mass is 417 g/mol. The summed E-state index contributed by atoms with van der Waals surface area (Å²) < 4.78 is 14.1. The molecule has 0 aromatic carbocycles. The van der Waals surface area contributed by atoms with Crippen LogP contribution in [0.15, 0.2) is 35.3 Å². The molecule has 1 N–H and O–H groups in total. The van der Waals surface area contributed by atoms with Gasteiger partial charge in [-0.3, -0.25) is 9.78 Å². The van der Waals surface area contributed by atoms with Crippen molar-refractivity contribution < 1.29 is 9.18 Å². The number of nitrogens with zero attached hydrogens (tertiary/aromatic N) is 2. The minimum atomic E-state index is -0.544. The number of thiophene rings is 1. The third-order valence-corrected chi connectivity index (χ3v) is 6.05. The van der Waals surface area contributed by atoms with Gasteiger partial charge in [0, 0.05) is 18.8 Å². The third-order valence-electron chi connectivity index (χ3n) is 5.32. The van der Waals surface area contributed by atoms with Crippen molar-refractivity contribution in [2.24, 2.45) is 5.41 Å². The lowest BCUT2D eigenvalue weighted by Gasteiger charge is -2.29. The molecule has 2 aliphatic rings. The first-order valence-corrected chi connectivity index (χ1v) is 9.26. The predicted octanol–water partition coefficient (Wildman–Crippen LogP) is 3.91. The highest BCUT2D eigenvalue weighted by atomic mass is 35.5. The van der Waals surface area contributed by atoms with E-state index >= 15 is 0 Å². The Labute approximate surface area is 169 Å². The van der Waals surface area contributed by atoms with Crippen LogP contribution in [0.25, 0.3) is 0 Å². The fourth-order valence-corrected chi connectivity index (χ4v) is 4.49. The number of nitrogens with one attached hydrogen (secondary N) is 1. The maximum absolute atomic E-state index is 14.1. The van der Waals surface area contributed by atoms with Crippen molar-refractivity contribution in [2.75, 3.05) is 13.1 Å². The van der Waals surface area contributed by atoms with Crippen molar-refractivity contribution in [1.82, 2.24) is 15.2 Å². The molecular weight excluding hydrogens is 396 g/mol. The molecule has 26 heavy (non-hydrogen) atoms. The summed E-state index contributed by atoms with van der Waals surface area (Å²) in [6.07, 6.45) is 5.79. The number of carbonyl (C=O) groups is 1. The van der Waals surface area contributed by atoms with Crippen LogP contribution in [0.4, 0.5) is 4.39 Å². The Morgan fingerprint density at radius 2 is 2.12 bits per heavy atom. The molecule has 1 unspecified atom stereocenters. The lowest BCUT2D eigenvalue weighted by atomic mass is 9.93. The molecule has 142 valence electrons. The zero-order valence-electron chi connectivity index (χ0n) is 14.2. The summed E-state index contributed by atoms with van der Waals surface area (Å²) in [4.78, 5) is 18.7. The number of amides is 1. The van der Waals surface area contributed by atoms with Crippen molar-refractivity contribution in [3.63, 3.8) is 0 Å². The molecule has 1 saturated carbocycles. The van der Waals surface area contributed by atoms with Crippen LogP contribution in [0.2, 0.25) is 0 Å². The smallest absolute Gasteiger partial charge is 0.257 e. The van der Waals surface area contributed by atoms with Crippen molar-refractivity contribution in [3.05, 3.63) is 52.2 Å². The number of piperidine rings is 1. The van der Waals surface area contributed by atoms with Gasteiger partial charge >= 0.3 is 0 Å². The van der Waals surface area contributed by atoms with Gasteiger partial charge in [-0.25, -0.2) is 4.39 Å². The van der Waals surface area contributed by atoms with Crippen LogP contribution in [0.5, 0.6) is 0 Å². The second-order valence-corrected chi connectivity index (χ2v) is 7.53. The van der Waals surface area contributed by atoms with Gasteiger partial charge in [0.2, 0.25) is 0 Å². The van der Waals surface area contributed by atoms with Gasteiger partial charge in [0.05, 0.1) is 11.8 Å². The standard InChI is InChI=1S/C18H20FN3OS.2ClH/c19-15-10-21-5-1-14(15)17(23)22(11-13-2-8-24-12-13)16-9-18(16)3-6-20-7-4-18;;/h1-2,5,8,10,12,16,20H,3-4,6-7,9,11H2;2*1H. The summed E-state index contributed by atoms with van der Waals surface area (Å²) in [5.74, 6) is -0.765. The van der Waals surface area contributed by atoms with Gasteiger partial charge in [-0.1, -0.05) is 0 Å². The van der Waals surface area contributed by atoms with Gasteiger partial charge in [0.25, 0.3) is 5.91 Å². The highest BCUT2D eigenvalue weighted by Gasteiger charge is 2.57. The SMILES string of the molecule is Cl.Cl.O=C(c1ccncc1F)N(Cc1ccsc1)C1CC12CCNCC2. The molecule has 1 aliphatic carbocycles. The Hall–Kier alpha value is -1.21. The van der Waals surface area contributed by atoms with Gasteiger partial charge in [-0.2, -0.15) is 11.3 Å². The highest BCUT2D eigenvalue weighted by Crippen LogP contribution is 2.56. The Morgan fingerprint density at radius 3 is 2.77 bits per heavy atom. The first-order valence-electron chi connectivity index (χ1n) is 8.32. The summed E-state index contributed by atoms with van der Waals surface area (Å²) in [5, 5.41) is 7.45. The summed E-state index contributed by atoms with van der Waals surface area (Å²) in [7, 11) is 0. The molecule has 2 aromatic heterocycles. The Bertz CT molecular complexity index is 738. The van der Waals surface area contributed by atoms with E-state index in [0.29, 0.717) is 6.54 Å². The number of hydrogen-bond acceptors (Lipinski definition) is 4. The largest absolute Gasteiger partial charge is 0.331 e.